The number of nitrogens with one attached hydrogen (secondary N) is 5. The molecule has 4 amide bonds. The van der Waals surface area contributed by atoms with Crippen molar-refractivity contribution in [1.29, 1.82) is 5.26 Å². The van der Waals surface area contributed by atoms with Crippen LogP contribution in [0.1, 0.15) is 91.4 Å². The summed E-state index contributed by atoms with van der Waals surface area (Å²) >= 11 is 0. The van der Waals surface area contributed by atoms with Gasteiger partial charge in [-0.1, -0.05) is 68.8 Å². The third kappa shape index (κ3) is 10.2. The Morgan fingerprint density at radius 1 is 0.792 bits per heavy atom. The molecule has 3 aromatic carbocycles. The van der Waals surface area contributed by atoms with Crippen molar-refractivity contribution in [3.05, 3.63) is 94.5 Å². The summed E-state index contributed by atoms with van der Waals surface area (Å²) in [4.78, 5) is 52.6. The summed E-state index contributed by atoms with van der Waals surface area (Å²) in [5.74, 6) is -1.39. The normalized spacial score (nSPS) is 13.4. The summed E-state index contributed by atoms with van der Waals surface area (Å²) < 4.78 is 0. The molecule has 48 heavy (non-hydrogen) atoms. The zero-order valence-electron chi connectivity index (χ0n) is 28.9. The number of rotatable bonds is 15. The maximum atomic E-state index is 13.7. The van der Waals surface area contributed by atoms with Crippen molar-refractivity contribution in [3.8, 4) is 17.2 Å². The molecule has 0 bridgehead atoms. The van der Waals surface area contributed by atoms with E-state index in [1.807, 2.05) is 84.0 Å². The second-order valence-corrected chi connectivity index (χ2v) is 12.4. The van der Waals surface area contributed by atoms with Crippen molar-refractivity contribution >= 4 is 23.6 Å². The van der Waals surface area contributed by atoms with Crippen LogP contribution in [0.15, 0.2) is 66.7 Å². The van der Waals surface area contributed by atoms with Crippen LogP contribution in [0, 0.1) is 24.2 Å². The first-order chi connectivity index (χ1) is 22.9. The van der Waals surface area contributed by atoms with Gasteiger partial charge in [-0.2, -0.15) is 5.26 Å². The lowest BCUT2D eigenvalue weighted by atomic mass is 9.94. The van der Waals surface area contributed by atoms with Gasteiger partial charge in [0.2, 0.25) is 11.8 Å². The molecule has 0 radical (unpaired) electrons. The van der Waals surface area contributed by atoms with E-state index in [0.29, 0.717) is 36.2 Å². The van der Waals surface area contributed by atoms with Crippen LogP contribution in [0.4, 0.5) is 0 Å². The van der Waals surface area contributed by atoms with Crippen molar-refractivity contribution in [2.24, 2.45) is 5.92 Å². The Kier molecular flexibility index (Phi) is 13.9. The lowest BCUT2D eigenvalue weighted by Gasteiger charge is -2.25. The van der Waals surface area contributed by atoms with Crippen LogP contribution in [0.2, 0.25) is 0 Å². The van der Waals surface area contributed by atoms with Gasteiger partial charge >= 0.3 is 0 Å². The van der Waals surface area contributed by atoms with Crippen molar-refractivity contribution in [2.45, 2.75) is 79.1 Å². The Morgan fingerprint density at radius 3 is 2.02 bits per heavy atom. The van der Waals surface area contributed by atoms with Gasteiger partial charge < -0.3 is 26.6 Å². The van der Waals surface area contributed by atoms with E-state index in [1.165, 1.54) is 0 Å². The molecule has 10 nitrogen and oxygen atoms in total. The first-order valence-corrected chi connectivity index (χ1v) is 16.5. The molecule has 0 spiro atoms. The molecule has 1 unspecified atom stereocenters. The fourth-order valence-corrected chi connectivity index (χ4v) is 5.22. The molecular weight excluding hydrogens is 604 g/mol. The number of carbonyl (C=O) groups excluding carboxylic acids is 4. The van der Waals surface area contributed by atoms with Crippen LogP contribution in [0.25, 0.3) is 11.1 Å². The van der Waals surface area contributed by atoms with Crippen LogP contribution >= 0.6 is 0 Å². The highest BCUT2D eigenvalue weighted by molar-refractivity contribution is 6.02. The predicted molar refractivity (Wildman–Crippen MR) is 188 cm³/mol. The summed E-state index contributed by atoms with van der Waals surface area (Å²) in [5, 5.41) is 24.6. The third-order valence-electron chi connectivity index (χ3n) is 8.20. The molecular formula is C38H48N6O4. The van der Waals surface area contributed by atoms with E-state index in [4.69, 9.17) is 0 Å². The summed E-state index contributed by atoms with van der Waals surface area (Å²) in [6, 6.07) is 20.3. The highest BCUT2D eigenvalue weighted by atomic mass is 16.2. The standard InChI is InChI=1S/C38H48N6O4/c1-8-32(22-41-26(7)35(45)44-34(23(3)4)38(48)40-9-2)43-37(47)31-19-29(33-17-24(5)15-16-28(33)21-39)18-30(20-31)36(46)42-25(6)27-13-11-10-12-14-27/h10-20,23,25-26,32,34,41H,8-9,22H2,1-7H3,(H,40,48)(H,42,46)(H,43,47)(H,44,45)/t25-,26+,32?,34+/m1/s1. The van der Waals surface area contributed by atoms with E-state index in [-0.39, 0.29) is 46.9 Å². The Hall–Kier alpha value is -5.01. The Balaban J connectivity index is 1.82. The molecule has 0 saturated heterocycles. The minimum absolute atomic E-state index is 0.0938. The van der Waals surface area contributed by atoms with Crippen molar-refractivity contribution in [3.63, 3.8) is 0 Å². The molecule has 10 heteroatoms. The van der Waals surface area contributed by atoms with Gasteiger partial charge in [-0.25, -0.2) is 0 Å². The maximum absolute atomic E-state index is 13.7. The number of likely N-dealkylation sites (N-methyl/N-ethyl adjacent to an activating group) is 1. The first-order valence-electron chi connectivity index (χ1n) is 16.5. The zero-order chi connectivity index (χ0) is 35.4. The van der Waals surface area contributed by atoms with Crippen LogP contribution < -0.4 is 26.6 Å². The monoisotopic (exact) mass is 652 g/mol. The van der Waals surface area contributed by atoms with Gasteiger partial charge in [0.1, 0.15) is 6.04 Å². The molecule has 4 atom stereocenters. The lowest BCUT2D eigenvalue weighted by Crippen LogP contribution is -2.55. The number of nitrogens with zero attached hydrogens (tertiary/aromatic N) is 1. The number of hydrogen-bond acceptors (Lipinski definition) is 6. The molecule has 0 heterocycles. The smallest absolute Gasteiger partial charge is 0.251 e. The van der Waals surface area contributed by atoms with Gasteiger partial charge in [-0.15, -0.1) is 0 Å². The Morgan fingerprint density at radius 2 is 1.44 bits per heavy atom. The zero-order valence-corrected chi connectivity index (χ0v) is 28.9. The SMILES string of the molecule is CCNC(=O)[C@@H](NC(=O)[C@H](C)NCC(CC)NC(=O)c1cc(C(=O)N[C@H](C)c2ccccc2)cc(-c2cc(C)ccc2C#N)c1)C(C)C. The Labute approximate surface area is 284 Å². The minimum atomic E-state index is -0.660. The molecule has 0 aromatic heterocycles. The number of hydrogen-bond donors (Lipinski definition) is 5. The maximum Gasteiger partial charge on any atom is 0.251 e. The van der Waals surface area contributed by atoms with E-state index in [2.05, 4.69) is 32.7 Å². The van der Waals surface area contributed by atoms with E-state index < -0.39 is 18.0 Å². The molecule has 254 valence electrons. The summed E-state index contributed by atoms with van der Waals surface area (Å²) in [6.45, 7) is 13.8. The van der Waals surface area contributed by atoms with E-state index >= 15 is 0 Å². The summed E-state index contributed by atoms with van der Waals surface area (Å²) in [6.07, 6.45) is 0.568. The fourth-order valence-electron chi connectivity index (χ4n) is 5.22. The van der Waals surface area contributed by atoms with Crippen molar-refractivity contribution < 1.29 is 19.2 Å². The summed E-state index contributed by atoms with van der Waals surface area (Å²) in [5.41, 5.74) is 4.05. The molecule has 0 aliphatic carbocycles. The molecule has 0 fully saturated rings. The number of amides is 4. The topological polar surface area (TPSA) is 152 Å². The molecule has 0 aliphatic rings. The quantitative estimate of drug-likeness (QED) is 0.159. The average molecular weight is 653 g/mol. The molecule has 0 aliphatic heterocycles. The third-order valence-corrected chi connectivity index (χ3v) is 8.20. The van der Waals surface area contributed by atoms with Crippen LogP contribution in [0.3, 0.4) is 0 Å². The van der Waals surface area contributed by atoms with Gasteiger partial charge in [0.15, 0.2) is 0 Å². The van der Waals surface area contributed by atoms with Gasteiger partial charge in [0.05, 0.1) is 23.7 Å². The van der Waals surface area contributed by atoms with Crippen molar-refractivity contribution in [2.75, 3.05) is 13.1 Å². The van der Waals surface area contributed by atoms with E-state index in [1.54, 1.807) is 31.2 Å². The molecule has 3 rings (SSSR count). The van der Waals surface area contributed by atoms with Crippen LogP contribution in [0.5, 0.6) is 0 Å². The predicted octanol–water partition coefficient (Wildman–Crippen LogP) is 4.79. The minimum Gasteiger partial charge on any atom is -0.355 e. The van der Waals surface area contributed by atoms with Gasteiger partial charge in [0, 0.05) is 30.3 Å². The van der Waals surface area contributed by atoms with E-state index in [9.17, 15) is 24.4 Å². The average Bonchev–Trinajstić information content (AvgIpc) is 3.08. The highest BCUT2D eigenvalue weighted by Crippen LogP contribution is 2.28. The first kappa shape index (κ1) is 37.4. The fraction of sp³-hybridized carbons (Fsp3) is 0.395. The second-order valence-electron chi connectivity index (χ2n) is 12.4. The number of aryl methyl sites for hydroxylation is 1. The van der Waals surface area contributed by atoms with Crippen LogP contribution in [-0.4, -0.2) is 54.8 Å². The number of nitriles is 1. The lowest BCUT2D eigenvalue weighted by molar-refractivity contribution is -0.130. The summed E-state index contributed by atoms with van der Waals surface area (Å²) in [7, 11) is 0. The van der Waals surface area contributed by atoms with Crippen LogP contribution in [-0.2, 0) is 9.59 Å². The number of carbonyl (C=O) groups is 4. The Bertz CT molecular complexity index is 1630. The van der Waals surface area contributed by atoms with Gasteiger partial charge in [-0.3, -0.25) is 19.2 Å². The molecule has 3 aromatic rings. The van der Waals surface area contributed by atoms with E-state index in [0.717, 1.165) is 11.1 Å². The van der Waals surface area contributed by atoms with Crippen molar-refractivity contribution in [1.82, 2.24) is 26.6 Å². The highest BCUT2D eigenvalue weighted by Gasteiger charge is 2.26. The second kappa shape index (κ2) is 17.8. The molecule has 0 saturated carbocycles. The van der Waals surface area contributed by atoms with Gasteiger partial charge in [-0.05, 0) is 81.0 Å². The van der Waals surface area contributed by atoms with Gasteiger partial charge in [0.25, 0.3) is 11.8 Å². The largest absolute Gasteiger partial charge is 0.355 e. The molecule has 5 N–H and O–H groups in total. The number of benzene rings is 3.